The van der Waals surface area contributed by atoms with E-state index in [9.17, 15) is 24.3 Å². The molecule has 1 aromatic rings. The van der Waals surface area contributed by atoms with E-state index in [0.717, 1.165) is 5.57 Å². The maximum absolute atomic E-state index is 13.4. The standard InChI is InChI=1S/C26H24INO6/c1-4-28-25(32)14-6-5-13-15(21(14)26(28)33)10-16-18(29)7-11(2)23(30)22(16)20(13)12-8-17(27)24(31)19(9-12)34-3/h5,7-9,14-15,20-21,31H,4,6,10H2,1-3H3/t14-,15+,20-,21-/m0/s1. The third kappa shape index (κ3) is 3.14. The van der Waals surface area contributed by atoms with Gasteiger partial charge in [-0.25, -0.2) is 0 Å². The average Bonchev–Trinajstić information content (AvgIpc) is 3.07. The first-order valence-electron chi connectivity index (χ1n) is 11.3. The van der Waals surface area contributed by atoms with Gasteiger partial charge in [-0.15, -0.1) is 0 Å². The number of fused-ring (bicyclic) bond motifs is 3. The molecule has 8 heteroatoms. The van der Waals surface area contributed by atoms with E-state index in [0.29, 0.717) is 38.8 Å². The fourth-order valence-corrected chi connectivity index (χ4v) is 6.66. The number of halogens is 1. The lowest BCUT2D eigenvalue weighted by molar-refractivity contribution is -0.139. The molecule has 0 bridgehead atoms. The first-order chi connectivity index (χ1) is 16.2. The van der Waals surface area contributed by atoms with Crippen molar-refractivity contribution in [3.63, 3.8) is 0 Å². The summed E-state index contributed by atoms with van der Waals surface area (Å²) in [6.45, 7) is 3.74. The van der Waals surface area contributed by atoms with Gasteiger partial charge < -0.3 is 9.84 Å². The van der Waals surface area contributed by atoms with E-state index >= 15 is 0 Å². The lowest BCUT2D eigenvalue weighted by Crippen LogP contribution is -2.39. The van der Waals surface area contributed by atoms with Gasteiger partial charge in [0.15, 0.2) is 23.1 Å². The molecule has 0 radical (unpaired) electrons. The summed E-state index contributed by atoms with van der Waals surface area (Å²) in [6, 6.07) is 3.47. The molecular weight excluding hydrogens is 549 g/mol. The number of methoxy groups -OCH3 is 1. The molecule has 0 spiro atoms. The van der Waals surface area contributed by atoms with Crippen LogP contribution in [-0.4, -0.2) is 47.0 Å². The van der Waals surface area contributed by atoms with Crippen molar-refractivity contribution < 1.29 is 29.0 Å². The molecule has 1 N–H and O–H groups in total. The number of allylic oxidation sites excluding steroid dienone is 6. The highest BCUT2D eigenvalue weighted by Gasteiger charge is 2.55. The molecule has 7 nitrogen and oxygen atoms in total. The number of ether oxygens (including phenoxy) is 1. The van der Waals surface area contributed by atoms with E-state index in [4.69, 9.17) is 4.74 Å². The summed E-state index contributed by atoms with van der Waals surface area (Å²) in [5, 5.41) is 10.4. The van der Waals surface area contributed by atoms with Gasteiger partial charge in [0.05, 0.1) is 22.5 Å². The zero-order chi connectivity index (χ0) is 24.5. The molecule has 5 rings (SSSR count). The highest BCUT2D eigenvalue weighted by molar-refractivity contribution is 14.1. The number of phenols is 1. The molecule has 1 aromatic carbocycles. The Kier molecular flexibility index (Phi) is 5.54. The van der Waals surface area contributed by atoms with E-state index in [1.165, 1.54) is 18.1 Å². The number of likely N-dealkylation sites (tertiary alicyclic amines) is 1. The quantitative estimate of drug-likeness (QED) is 0.258. The van der Waals surface area contributed by atoms with Gasteiger partial charge in [0.1, 0.15) is 0 Å². The van der Waals surface area contributed by atoms with Gasteiger partial charge in [-0.05, 0) is 79.0 Å². The van der Waals surface area contributed by atoms with Crippen LogP contribution in [0.3, 0.4) is 0 Å². The van der Waals surface area contributed by atoms with Gasteiger partial charge in [-0.1, -0.05) is 11.6 Å². The van der Waals surface area contributed by atoms with Crippen LogP contribution < -0.4 is 4.74 Å². The van der Waals surface area contributed by atoms with Crippen LogP contribution in [0.25, 0.3) is 0 Å². The second-order valence-corrected chi connectivity index (χ2v) is 10.4. The normalized spacial score (nSPS) is 28.4. The van der Waals surface area contributed by atoms with Gasteiger partial charge in [-0.3, -0.25) is 24.1 Å². The van der Waals surface area contributed by atoms with Crippen LogP contribution in [0.1, 0.15) is 38.2 Å². The Bertz CT molecular complexity index is 1270. The number of carbonyl (C=O) groups excluding carboxylic acids is 4. The number of rotatable bonds is 3. The number of benzene rings is 1. The van der Waals surface area contributed by atoms with Gasteiger partial charge >= 0.3 is 0 Å². The molecule has 0 unspecified atom stereocenters. The number of nitrogens with zero attached hydrogens (tertiary/aromatic N) is 1. The van der Waals surface area contributed by atoms with E-state index < -0.39 is 17.8 Å². The van der Waals surface area contributed by atoms with E-state index in [-0.39, 0.29) is 47.2 Å². The summed E-state index contributed by atoms with van der Waals surface area (Å²) in [4.78, 5) is 54.0. The molecule has 1 saturated heterocycles. The number of imide groups is 1. The highest BCUT2D eigenvalue weighted by atomic mass is 127. The largest absolute Gasteiger partial charge is 0.504 e. The van der Waals surface area contributed by atoms with Crippen LogP contribution in [0, 0.1) is 21.3 Å². The van der Waals surface area contributed by atoms with Crippen LogP contribution in [0.4, 0.5) is 0 Å². The van der Waals surface area contributed by atoms with Crippen molar-refractivity contribution in [2.75, 3.05) is 13.7 Å². The van der Waals surface area contributed by atoms with Crippen molar-refractivity contribution in [3.8, 4) is 11.5 Å². The van der Waals surface area contributed by atoms with Gasteiger partial charge in [0.25, 0.3) is 0 Å². The molecule has 0 aromatic heterocycles. The van der Waals surface area contributed by atoms with Crippen molar-refractivity contribution in [2.45, 2.75) is 32.6 Å². The predicted octanol–water partition coefficient (Wildman–Crippen LogP) is 3.45. The summed E-state index contributed by atoms with van der Waals surface area (Å²) >= 11 is 2.01. The SMILES string of the molecule is CCN1C(=O)[C@H]2[C@H](CC=C3[C@H](c4cc(I)c(O)c(OC)c4)C4=C(C[C@H]32)C(=O)C=C(C)C4=O)C1=O. The Labute approximate surface area is 210 Å². The van der Waals surface area contributed by atoms with Crippen LogP contribution in [0.2, 0.25) is 0 Å². The minimum absolute atomic E-state index is 0.00313. The predicted molar refractivity (Wildman–Crippen MR) is 131 cm³/mol. The Hall–Kier alpha value is -2.75. The summed E-state index contributed by atoms with van der Waals surface area (Å²) in [6.07, 6.45) is 4.03. The first-order valence-corrected chi connectivity index (χ1v) is 12.4. The van der Waals surface area contributed by atoms with Crippen LogP contribution in [-0.2, 0) is 19.2 Å². The summed E-state index contributed by atoms with van der Waals surface area (Å²) in [5.41, 5.74) is 2.82. The van der Waals surface area contributed by atoms with Crippen molar-refractivity contribution in [2.24, 2.45) is 17.8 Å². The number of hydrogen-bond donors (Lipinski definition) is 1. The molecule has 3 aliphatic carbocycles. The number of ketones is 2. The molecule has 1 fully saturated rings. The van der Waals surface area contributed by atoms with Crippen LogP contribution in [0.5, 0.6) is 11.5 Å². The minimum atomic E-state index is -0.559. The molecule has 0 saturated carbocycles. The highest BCUT2D eigenvalue weighted by Crippen LogP contribution is 2.55. The van der Waals surface area contributed by atoms with Crippen molar-refractivity contribution in [1.29, 1.82) is 0 Å². The van der Waals surface area contributed by atoms with Gasteiger partial charge in [-0.2, -0.15) is 0 Å². The van der Waals surface area contributed by atoms with E-state index in [2.05, 4.69) is 0 Å². The zero-order valence-corrected chi connectivity index (χ0v) is 21.2. The smallest absolute Gasteiger partial charge is 0.233 e. The molecule has 176 valence electrons. The molecular formula is C26H24INO6. The molecule has 4 aliphatic rings. The van der Waals surface area contributed by atoms with Crippen molar-refractivity contribution in [3.05, 3.63) is 55.7 Å². The third-order valence-corrected chi connectivity index (χ3v) is 8.40. The average molecular weight is 573 g/mol. The lowest BCUT2D eigenvalue weighted by Gasteiger charge is -2.42. The number of aromatic hydroxyl groups is 1. The van der Waals surface area contributed by atoms with Crippen molar-refractivity contribution in [1.82, 2.24) is 4.90 Å². The van der Waals surface area contributed by atoms with Crippen molar-refractivity contribution >= 4 is 46.0 Å². The Morgan fingerprint density at radius 1 is 1.15 bits per heavy atom. The number of phenolic OH excluding ortho intramolecular Hbond substituents is 1. The number of hydrogen-bond acceptors (Lipinski definition) is 6. The zero-order valence-electron chi connectivity index (χ0n) is 19.1. The molecule has 4 atom stereocenters. The summed E-state index contributed by atoms with van der Waals surface area (Å²) in [5.74, 6) is -2.39. The number of amides is 2. The second kappa shape index (κ2) is 8.18. The molecule has 34 heavy (non-hydrogen) atoms. The van der Waals surface area contributed by atoms with Gasteiger partial charge in [0, 0.05) is 29.2 Å². The Balaban J connectivity index is 1.73. The molecule has 2 amide bonds. The third-order valence-electron chi connectivity index (χ3n) is 7.58. The maximum Gasteiger partial charge on any atom is 0.233 e. The Morgan fingerprint density at radius 3 is 2.56 bits per heavy atom. The molecule has 1 heterocycles. The minimum Gasteiger partial charge on any atom is -0.504 e. The topological polar surface area (TPSA) is 101 Å². The Morgan fingerprint density at radius 2 is 1.88 bits per heavy atom. The lowest BCUT2D eigenvalue weighted by atomic mass is 9.59. The summed E-state index contributed by atoms with van der Waals surface area (Å²) < 4.78 is 5.92. The van der Waals surface area contributed by atoms with Crippen LogP contribution in [0.15, 0.2) is 46.6 Å². The van der Waals surface area contributed by atoms with Crippen LogP contribution >= 0.6 is 22.6 Å². The monoisotopic (exact) mass is 573 g/mol. The van der Waals surface area contributed by atoms with E-state index in [1.807, 2.05) is 28.7 Å². The number of carbonyl (C=O) groups is 4. The number of Topliss-reactive ketones (excluding diaryl/α,β-unsaturated/α-hetero) is 1. The fraction of sp³-hybridized carbons (Fsp3) is 0.385. The molecule has 1 aliphatic heterocycles. The summed E-state index contributed by atoms with van der Waals surface area (Å²) in [7, 11) is 1.46. The first kappa shape index (κ1) is 23.0. The maximum atomic E-state index is 13.4. The van der Waals surface area contributed by atoms with Gasteiger partial charge in [0.2, 0.25) is 11.8 Å². The fourth-order valence-electron chi connectivity index (χ4n) is 6.03. The van der Waals surface area contributed by atoms with E-state index in [1.54, 1.807) is 26.0 Å². The second-order valence-electron chi connectivity index (χ2n) is 9.20.